The van der Waals surface area contributed by atoms with Crippen LogP contribution in [0, 0.1) is 5.82 Å². The van der Waals surface area contributed by atoms with E-state index in [1.807, 2.05) is 36.7 Å². The van der Waals surface area contributed by atoms with E-state index in [1.54, 1.807) is 24.4 Å². The maximum Gasteiger partial charge on any atom is 0.207 e. The molecule has 7 heteroatoms. The van der Waals surface area contributed by atoms with Crippen LogP contribution in [-0.2, 0) is 6.54 Å². The standard InChI is InChI=1S/C30H27FN4O2/c1-36-26-10-5-11-27(28(26)31)37-23-14-12-22(13-15-23)29-25-19-32-16-18-35(25)30(33-29)24-9-6-17-34(24)20-21-7-3-2-4-8-21/h2-5,7-8,10-16,18-19,24H,6,9,17,20H2,1H3. The lowest BCUT2D eigenvalue weighted by atomic mass is 10.1. The fourth-order valence-electron chi connectivity index (χ4n) is 5.07. The number of benzene rings is 3. The molecule has 6 rings (SSSR count). The molecule has 0 N–H and O–H groups in total. The number of fused-ring (bicyclic) bond motifs is 1. The van der Waals surface area contributed by atoms with Gasteiger partial charge in [-0.25, -0.2) is 4.98 Å². The van der Waals surface area contributed by atoms with Gasteiger partial charge >= 0.3 is 0 Å². The number of methoxy groups -OCH3 is 1. The van der Waals surface area contributed by atoms with Gasteiger partial charge in [-0.3, -0.25) is 14.3 Å². The first-order chi connectivity index (χ1) is 18.2. The van der Waals surface area contributed by atoms with Gasteiger partial charge < -0.3 is 9.47 Å². The highest BCUT2D eigenvalue weighted by Gasteiger charge is 2.30. The average molecular weight is 495 g/mol. The average Bonchev–Trinajstić information content (AvgIpc) is 3.55. The van der Waals surface area contributed by atoms with Gasteiger partial charge in [0.05, 0.1) is 30.6 Å². The summed E-state index contributed by atoms with van der Waals surface area (Å²) in [5, 5.41) is 0. The monoisotopic (exact) mass is 494 g/mol. The normalized spacial score (nSPS) is 15.8. The van der Waals surface area contributed by atoms with Crippen molar-refractivity contribution < 1.29 is 13.9 Å². The van der Waals surface area contributed by atoms with E-state index in [4.69, 9.17) is 14.5 Å². The Hall–Kier alpha value is -4.23. The number of aromatic nitrogens is 3. The minimum absolute atomic E-state index is 0.116. The fourth-order valence-corrected chi connectivity index (χ4v) is 5.07. The Morgan fingerprint density at radius 1 is 0.973 bits per heavy atom. The van der Waals surface area contributed by atoms with Gasteiger partial charge in [-0.05, 0) is 61.3 Å². The summed E-state index contributed by atoms with van der Waals surface area (Å²) in [5.74, 6) is 1.29. The summed E-state index contributed by atoms with van der Waals surface area (Å²) in [6, 6.07) is 23.2. The number of hydrogen-bond donors (Lipinski definition) is 0. The second-order valence-electron chi connectivity index (χ2n) is 9.16. The van der Waals surface area contributed by atoms with E-state index in [-0.39, 0.29) is 17.5 Å². The van der Waals surface area contributed by atoms with Crippen molar-refractivity contribution in [2.75, 3.05) is 13.7 Å². The third-order valence-corrected chi connectivity index (χ3v) is 6.87. The van der Waals surface area contributed by atoms with E-state index in [0.717, 1.165) is 48.5 Å². The summed E-state index contributed by atoms with van der Waals surface area (Å²) in [6.45, 7) is 1.94. The third-order valence-electron chi connectivity index (χ3n) is 6.87. The number of rotatable bonds is 7. The topological polar surface area (TPSA) is 51.9 Å². The van der Waals surface area contributed by atoms with Crippen LogP contribution < -0.4 is 9.47 Å². The van der Waals surface area contributed by atoms with Crippen LogP contribution in [0.4, 0.5) is 4.39 Å². The van der Waals surface area contributed by atoms with Gasteiger partial charge in [0.1, 0.15) is 11.6 Å². The highest BCUT2D eigenvalue weighted by atomic mass is 19.1. The number of imidazole rings is 1. The first-order valence-electron chi connectivity index (χ1n) is 12.4. The zero-order valence-corrected chi connectivity index (χ0v) is 20.5. The van der Waals surface area contributed by atoms with Gasteiger partial charge in [-0.2, -0.15) is 4.39 Å². The highest BCUT2D eigenvalue weighted by molar-refractivity contribution is 5.77. The fraction of sp³-hybridized carbons (Fsp3) is 0.200. The van der Waals surface area contributed by atoms with Crippen molar-refractivity contribution >= 4 is 5.52 Å². The molecule has 0 amide bonds. The van der Waals surface area contributed by atoms with Crippen LogP contribution in [0.2, 0.25) is 0 Å². The molecule has 186 valence electrons. The summed E-state index contributed by atoms with van der Waals surface area (Å²) >= 11 is 0. The van der Waals surface area contributed by atoms with Gasteiger partial charge in [0, 0.05) is 24.5 Å². The van der Waals surface area contributed by atoms with Crippen LogP contribution in [0.3, 0.4) is 0 Å². The molecule has 1 aliphatic rings. The number of likely N-dealkylation sites (tertiary alicyclic amines) is 1. The second-order valence-corrected chi connectivity index (χ2v) is 9.16. The molecule has 0 saturated carbocycles. The van der Waals surface area contributed by atoms with Gasteiger partial charge in [0.25, 0.3) is 0 Å². The molecule has 0 spiro atoms. The predicted octanol–water partition coefficient (Wildman–Crippen LogP) is 6.67. The summed E-state index contributed by atoms with van der Waals surface area (Å²) in [6.07, 6.45) is 7.85. The summed E-state index contributed by atoms with van der Waals surface area (Å²) in [5.41, 5.74) is 4.08. The SMILES string of the molecule is COc1cccc(Oc2ccc(-c3nc(C4CCCN4Cc4ccccc4)n4ccncc34)cc2)c1F. The lowest BCUT2D eigenvalue weighted by Crippen LogP contribution is -2.24. The molecule has 1 atom stereocenters. The summed E-state index contributed by atoms with van der Waals surface area (Å²) in [4.78, 5) is 12.0. The predicted molar refractivity (Wildman–Crippen MR) is 140 cm³/mol. The van der Waals surface area contributed by atoms with Gasteiger partial charge in [0.2, 0.25) is 5.82 Å². The van der Waals surface area contributed by atoms with Crippen molar-refractivity contribution in [2.24, 2.45) is 0 Å². The molecule has 3 heterocycles. The van der Waals surface area contributed by atoms with Crippen LogP contribution in [-0.4, -0.2) is 32.9 Å². The molecule has 5 aromatic rings. The number of hydrogen-bond acceptors (Lipinski definition) is 5. The minimum Gasteiger partial charge on any atom is -0.494 e. The number of halogens is 1. The lowest BCUT2D eigenvalue weighted by molar-refractivity contribution is 0.239. The zero-order valence-electron chi connectivity index (χ0n) is 20.5. The summed E-state index contributed by atoms with van der Waals surface area (Å²) in [7, 11) is 1.43. The van der Waals surface area contributed by atoms with Crippen molar-refractivity contribution in [3.8, 4) is 28.5 Å². The molecule has 3 aromatic carbocycles. The van der Waals surface area contributed by atoms with E-state index in [9.17, 15) is 4.39 Å². The van der Waals surface area contributed by atoms with Crippen molar-refractivity contribution in [3.63, 3.8) is 0 Å². The Labute approximate surface area is 214 Å². The van der Waals surface area contributed by atoms with Crippen molar-refractivity contribution in [2.45, 2.75) is 25.4 Å². The highest BCUT2D eigenvalue weighted by Crippen LogP contribution is 2.37. The Morgan fingerprint density at radius 2 is 1.78 bits per heavy atom. The number of ether oxygens (including phenoxy) is 2. The van der Waals surface area contributed by atoms with Crippen molar-refractivity contribution in [1.82, 2.24) is 19.3 Å². The molecule has 1 saturated heterocycles. The molecule has 1 unspecified atom stereocenters. The molecule has 37 heavy (non-hydrogen) atoms. The molecule has 0 aliphatic carbocycles. The van der Waals surface area contributed by atoms with Crippen LogP contribution in [0.5, 0.6) is 17.2 Å². The maximum absolute atomic E-state index is 14.5. The van der Waals surface area contributed by atoms with Crippen molar-refractivity contribution in [3.05, 3.63) is 109 Å². The van der Waals surface area contributed by atoms with Crippen LogP contribution in [0.1, 0.15) is 30.3 Å². The Bertz CT molecular complexity index is 1520. The largest absolute Gasteiger partial charge is 0.494 e. The van der Waals surface area contributed by atoms with E-state index in [2.05, 4.69) is 44.6 Å². The molecule has 2 aromatic heterocycles. The molecule has 6 nitrogen and oxygen atoms in total. The van der Waals surface area contributed by atoms with Crippen LogP contribution >= 0.6 is 0 Å². The quantitative estimate of drug-likeness (QED) is 0.253. The Balaban J connectivity index is 1.30. The molecule has 1 aliphatic heterocycles. The first-order valence-corrected chi connectivity index (χ1v) is 12.4. The Kier molecular flexibility index (Phi) is 6.28. The smallest absolute Gasteiger partial charge is 0.207 e. The second kappa shape index (κ2) is 10.0. The van der Waals surface area contributed by atoms with Gasteiger partial charge in [-0.1, -0.05) is 36.4 Å². The molecular formula is C30H27FN4O2. The van der Waals surface area contributed by atoms with E-state index in [1.165, 1.54) is 12.7 Å². The minimum atomic E-state index is -0.526. The van der Waals surface area contributed by atoms with E-state index >= 15 is 0 Å². The molecule has 0 bridgehead atoms. The number of nitrogens with zero attached hydrogens (tertiary/aromatic N) is 4. The zero-order chi connectivity index (χ0) is 25.2. The Morgan fingerprint density at radius 3 is 2.59 bits per heavy atom. The van der Waals surface area contributed by atoms with Crippen LogP contribution in [0.15, 0.2) is 91.4 Å². The van der Waals surface area contributed by atoms with E-state index in [0.29, 0.717) is 5.75 Å². The van der Waals surface area contributed by atoms with Gasteiger partial charge in [-0.15, -0.1) is 0 Å². The lowest BCUT2D eigenvalue weighted by Gasteiger charge is -2.23. The first kappa shape index (κ1) is 23.2. The van der Waals surface area contributed by atoms with Crippen molar-refractivity contribution in [1.29, 1.82) is 0 Å². The molecule has 0 radical (unpaired) electrons. The molecule has 1 fully saturated rings. The maximum atomic E-state index is 14.5. The van der Waals surface area contributed by atoms with Crippen LogP contribution in [0.25, 0.3) is 16.8 Å². The molecular weight excluding hydrogens is 467 g/mol. The van der Waals surface area contributed by atoms with Gasteiger partial charge in [0.15, 0.2) is 11.5 Å². The van der Waals surface area contributed by atoms with E-state index < -0.39 is 5.82 Å². The summed E-state index contributed by atoms with van der Waals surface area (Å²) < 4.78 is 27.5. The third kappa shape index (κ3) is 4.54.